The molecule has 1 N–H and O–H groups in total. The van der Waals surface area contributed by atoms with Crippen molar-refractivity contribution in [3.8, 4) is 5.75 Å². The maximum atomic E-state index is 12.1. The minimum absolute atomic E-state index is 0.0493. The molecule has 5 heteroatoms. The zero-order chi connectivity index (χ0) is 14.4. The highest BCUT2D eigenvalue weighted by molar-refractivity contribution is 6.30. The molecule has 0 saturated heterocycles. The van der Waals surface area contributed by atoms with Gasteiger partial charge in [-0.3, -0.25) is 4.79 Å². The molecular weight excluding hydrogens is 266 g/mol. The summed E-state index contributed by atoms with van der Waals surface area (Å²) in [5.74, 6) is 0.510. The number of carbonyl (C=O) groups is 1. The van der Waals surface area contributed by atoms with Crippen LogP contribution in [0.1, 0.15) is 19.4 Å². The van der Waals surface area contributed by atoms with Crippen LogP contribution in [0.4, 0.5) is 0 Å². The molecule has 1 rings (SSSR count). The molecule has 1 aromatic rings. The molecule has 1 amide bonds. The van der Waals surface area contributed by atoms with Gasteiger partial charge in [0.2, 0.25) is 0 Å². The van der Waals surface area contributed by atoms with Gasteiger partial charge in [-0.05, 0) is 44.5 Å². The van der Waals surface area contributed by atoms with Crippen molar-refractivity contribution in [2.75, 3.05) is 19.7 Å². The molecule has 106 valence electrons. The molecule has 19 heavy (non-hydrogen) atoms. The number of rotatable bonds is 6. The van der Waals surface area contributed by atoms with E-state index in [1.165, 1.54) is 0 Å². The second-order valence-electron chi connectivity index (χ2n) is 4.31. The second-order valence-corrected chi connectivity index (χ2v) is 4.75. The molecule has 0 bridgehead atoms. The van der Waals surface area contributed by atoms with Crippen molar-refractivity contribution in [1.29, 1.82) is 0 Å². The highest BCUT2D eigenvalue weighted by Crippen LogP contribution is 2.23. The van der Waals surface area contributed by atoms with Crippen molar-refractivity contribution in [1.82, 2.24) is 4.90 Å². The third kappa shape index (κ3) is 4.40. The van der Waals surface area contributed by atoms with Crippen molar-refractivity contribution in [3.63, 3.8) is 0 Å². The van der Waals surface area contributed by atoms with Crippen LogP contribution in [0.25, 0.3) is 0 Å². The number of carbonyl (C=O) groups excluding carboxylic acids is 1. The number of aliphatic hydroxyl groups is 1. The summed E-state index contributed by atoms with van der Waals surface area (Å²) >= 11 is 5.87. The standard InChI is InChI=1S/C14H20ClNO3/c1-4-16(7-8-17)14(18)11(3)19-13-6-5-12(15)9-10(13)2/h5-6,9,11,17H,4,7-8H2,1-3H3/t11-/m0/s1. The summed E-state index contributed by atoms with van der Waals surface area (Å²) in [4.78, 5) is 13.7. The molecule has 0 aliphatic rings. The van der Waals surface area contributed by atoms with Crippen LogP contribution in [0.5, 0.6) is 5.75 Å². The average Bonchev–Trinajstić information content (AvgIpc) is 2.38. The first kappa shape index (κ1) is 15.8. The van der Waals surface area contributed by atoms with E-state index >= 15 is 0 Å². The van der Waals surface area contributed by atoms with Crippen LogP contribution in [0, 0.1) is 6.92 Å². The van der Waals surface area contributed by atoms with Gasteiger partial charge in [0, 0.05) is 18.1 Å². The highest BCUT2D eigenvalue weighted by Gasteiger charge is 2.21. The van der Waals surface area contributed by atoms with E-state index in [0.717, 1.165) is 5.56 Å². The van der Waals surface area contributed by atoms with Gasteiger partial charge in [0.15, 0.2) is 6.10 Å². The summed E-state index contributed by atoms with van der Waals surface area (Å²) < 4.78 is 5.66. The van der Waals surface area contributed by atoms with E-state index in [-0.39, 0.29) is 12.5 Å². The summed E-state index contributed by atoms with van der Waals surface area (Å²) in [6.07, 6.45) is -0.591. The lowest BCUT2D eigenvalue weighted by molar-refractivity contribution is -0.138. The molecular formula is C14H20ClNO3. The number of benzene rings is 1. The molecule has 0 aliphatic heterocycles. The number of aliphatic hydroxyl groups excluding tert-OH is 1. The van der Waals surface area contributed by atoms with Gasteiger partial charge >= 0.3 is 0 Å². The lowest BCUT2D eigenvalue weighted by atomic mass is 10.2. The summed E-state index contributed by atoms with van der Waals surface area (Å²) in [5.41, 5.74) is 0.886. The zero-order valence-corrected chi connectivity index (χ0v) is 12.3. The van der Waals surface area contributed by atoms with Gasteiger partial charge in [-0.2, -0.15) is 0 Å². The maximum Gasteiger partial charge on any atom is 0.263 e. The van der Waals surface area contributed by atoms with Gasteiger partial charge in [-0.1, -0.05) is 11.6 Å². The SMILES string of the molecule is CCN(CCO)C(=O)[C@H](C)Oc1ccc(Cl)cc1C. The Balaban J connectivity index is 2.72. The Morgan fingerprint density at radius 2 is 2.21 bits per heavy atom. The predicted molar refractivity (Wildman–Crippen MR) is 75.6 cm³/mol. The van der Waals surface area contributed by atoms with Crippen molar-refractivity contribution in [3.05, 3.63) is 28.8 Å². The lowest BCUT2D eigenvalue weighted by Gasteiger charge is -2.24. The molecule has 0 heterocycles. The molecule has 1 atom stereocenters. The molecule has 0 radical (unpaired) electrons. The molecule has 0 spiro atoms. The Morgan fingerprint density at radius 3 is 2.74 bits per heavy atom. The van der Waals surface area contributed by atoms with Crippen LogP contribution in [0.3, 0.4) is 0 Å². The van der Waals surface area contributed by atoms with Crippen LogP contribution in [0.15, 0.2) is 18.2 Å². The average molecular weight is 286 g/mol. The van der Waals surface area contributed by atoms with Crippen LogP contribution in [-0.4, -0.2) is 41.7 Å². The number of halogens is 1. The predicted octanol–water partition coefficient (Wildman–Crippen LogP) is 2.26. The Bertz CT molecular complexity index is 437. The number of aryl methyl sites for hydroxylation is 1. The van der Waals surface area contributed by atoms with Gasteiger partial charge in [0.05, 0.1) is 6.61 Å². The van der Waals surface area contributed by atoms with Crippen molar-refractivity contribution >= 4 is 17.5 Å². The van der Waals surface area contributed by atoms with Crippen LogP contribution >= 0.6 is 11.6 Å². The van der Waals surface area contributed by atoms with E-state index in [4.69, 9.17) is 21.4 Å². The fraction of sp³-hybridized carbons (Fsp3) is 0.500. The second kappa shape index (κ2) is 7.36. The van der Waals surface area contributed by atoms with Gasteiger partial charge < -0.3 is 14.7 Å². The van der Waals surface area contributed by atoms with Gasteiger partial charge in [0.1, 0.15) is 5.75 Å². The first-order valence-electron chi connectivity index (χ1n) is 6.32. The number of hydrogen-bond acceptors (Lipinski definition) is 3. The highest BCUT2D eigenvalue weighted by atomic mass is 35.5. The first-order valence-corrected chi connectivity index (χ1v) is 6.69. The van der Waals surface area contributed by atoms with E-state index in [2.05, 4.69) is 0 Å². The number of hydrogen-bond donors (Lipinski definition) is 1. The van der Waals surface area contributed by atoms with Crippen molar-refractivity contribution in [2.24, 2.45) is 0 Å². The van der Waals surface area contributed by atoms with Crippen LogP contribution < -0.4 is 4.74 Å². The minimum Gasteiger partial charge on any atom is -0.481 e. The van der Waals surface area contributed by atoms with E-state index in [1.807, 2.05) is 13.8 Å². The molecule has 0 unspecified atom stereocenters. The summed E-state index contributed by atoms with van der Waals surface area (Å²) in [7, 11) is 0. The third-order valence-electron chi connectivity index (χ3n) is 2.85. The van der Waals surface area contributed by atoms with Gasteiger partial charge in [-0.15, -0.1) is 0 Å². The largest absolute Gasteiger partial charge is 0.481 e. The molecule has 0 saturated carbocycles. The quantitative estimate of drug-likeness (QED) is 0.872. The van der Waals surface area contributed by atoms with Crippen LogP contribution in [0.2, 0.25) is 5.02 Å². The minimum atomic E-state index is -0.591. The third-order valence-corrected chi connectivity index (χ3v) is 3.09. The number of nitrogens with zero attached hydrogens (tertiary/aromatic N) is 1. The normalized spacial score (nSPS) is 12.1. The van der Waals surface area contributed by atoms with E-state index in [1.54, 1.807) is 30.0 Å². The Labute approximate surface area is 118 Å². The van der Waals surface area contributed by atoms with E-state index < -0.39 is 6.10 Å². The first-order chi connectivity index (χ1) is 8.99. The fourth-order valence-electron chi connectivity index (χ4n) is 1.79. The fourth-order valence-corrected chi connectivity index (χ4v) is 2.01. The number of likely N-dealkylation sites (N-methyl/N-ethyl adjacent to an activating group) is 1. The number of ether oxygens (including phenoxy) is 1. The van der Waals surface area contributed by atoms with Crippen molar-refractivity contribution < 1.29 is 14.6 Å². The molecule has 1 aromatic carbocycles. The smallest absolute Gasteiger partial charge is 0.263 e. The Morgan fingerprint density at radius 1 is 1.53 bits per heavy atom. The zero-order valence-electron chi connectivity index (χ0n) is 11.5. The van der Waals surface area contributed by atoms with Gasteiger partial charge in [0.25, 0.3) is 5.91 Å². The Kier molecular flexibility index (Phi) is 6.12. The van der Waals surface area contributed by atoms with Crippen molar-refractivity contribution in [2.45, 2.75) is 26.9 Å². The monoisotopic (exact) mass is 285 g/mol. The number of amides is 1. The summed E-state index contributed by atoms with van der Waals surface area (Å²) in [6, 6.07) is 5.27. The van der Waals surface area contributed by atoms with Crippen LogP contribution in [-0.2, 0) is 4.79 Å². The molecule has 0 fully saturated rings. The van der Waals surface area contributed by atoms with Gasteiger partial charge in [-0.25, -0.2) is 0 Å². The van der Waals surface area contributed by atoms with E-state index in [0.29, 0.717) is 23.9 Å². The molecule has 4 nitrogen and oxygen atoms in total. The topological polar surface area (TPSA) is 49.8 Å². The molecule has 0 aromatic heterocycles. The Hall–Kier alpha value is -1.26. The van der Waals surface area contributed by atoms with E-state index in [9.17, 15) is 4.79 Å². The molecule has 0 aliphatic carbocycles. The summed E-state index contributed by atoms with van der Waals surface area (Å²) in [6.45, 7) is 6.27. The summed E-state index contributed by atoms with van der Waals surface area (Å²) in [5, 5.41) is 9.55. The maximum absolute atomic E-state index is 12.1. The lowest BCUT2D eigenvalue weighted by Crippen LogP contribution is -2.41.